The summed E-state index contributed by atoms with van der Waals surface area (Å²) in [6.07, 6.45) is 13.9. The fourth-order valence-electron chi connectivity index (χ4n) is 5.60. The number of benzene rings is 1. The van der Waals surface area contributed by atoms with Crippen LogP contribution in [0.1, 0.15) is 84.1 Å². The number of fused-ring (bicyclic) bond motifs is 1. The van der Waals surface area contributed by atoms with Gasteiger partial charge in [0.2, 0.25) is 0 Å². The number of thiophene rings is 1. The first-order chi connectivity index (χ1) is 18.1. The van der Waals surface area contributed by atoms with Gasteiger partial charge in [-0.25, -0.2) is 4.99 Å². The van der Waals surface area contributed by atoms with Gasteiger partial charge in [0.05, 0.1) is 12.7 Å². The average Bonchev–Trinajstić information content (AvgIpc) is 3.59. The molecule has 1 aliphatic heterocycles. The average molecular weight is 524 g/mol. The number of carbonyl (C=O) groups excluding carboxylic acids is 2. The number of nitrogens with zero attached hydrogens (tertiary/aromatic N) is 2. The number of methoxy groups -OCH3 is 1. The molecule has 2 aliphatic carbocycles. The summed E-state index contributed by atoms with van der Waals surface area (Å²) in [5.74, 6) is 1.12. The number of nitrogens with one attached hydrogen (secondary N) is 1. The van der Waals surface area contributed by atoms with Crippen molar-refractivity contribution in [3.8, 4) is 11.5 Å². The Morgan fingerprint density at radius 1 is 1.05 bits per heavy atom. The smallest absolute Gasteiger partial charge is 0.260 e. The lowest BCUT2D eigenvalue weighted by Gasteiger charge is -2.23. The molecule has 0 spiro atoms. The molecule has 2 amide bonds. The maximum absolute atomic E-state index is 13.4. The summed E-state index contributed by atoms with van der Waals surface area (Å²) in [5.41, 5.74) is 2.81. The summed E-state index contributed by atoms with van der Waals surface area (Å²) in [5, 5.41) is 4.09. The Balaban J connectivity index is 1.31. The molecule has 2 heterocycles. The van der Waals surface area contributed by atoms with Crippen LogP contribution in [-0.4, -0.2) is 55.8 Å². The first kappa shape index (κ1) is 25.8. The van der Waals surface area contributed by atoms with Crippen LogP contribution in [0.5, 0.6) is 11.5 Å². The molecule has 1 N–H and O–H groups in total. The van der Waals surface area contributed by atoms with Gasteiger partial charge in [-0.2, -0.15) is 0 Å². The third-order valence-corrected chi connectivity index (χ3v) is 8.85. The quantitative estimate of drug-likeness (QED) is 0.467. The number of aliphatic imine (C=N–C) groups is 1. The van der Waals surface area contributed by atoms with Crippen LogP contribution >= 0.6 is 11.3 Å². The number of likely N-dealkylation sites (tertiary alicyclic amines) is 1. The first-order valence-electron chi connectivity index (χ1n) is 13.7. The maximum Gasteiger partial charge on any atom is 0.260 e. The highest BCUT2D eigenvalue weighted by Gasteiger charge is 2.27. The first-order valence-corrected chi connectivity index (χ1v) is 14.5. The molecule has 2 aromatic rings. The fourth-order valence-corrected chi connectivity index (χ4v) is 6.83. The lowest BCUT2D eigenvalue weighted by molar-refractivity contribution is -0.132. The van der Waals surface area contributed by atoms with Crippen molar-refractivity contribution in [3.63, 3.8) is 0 Å². The van der Waals surface area contributed by atoms with Crippen molar-refractivity contribution < 1.29 is 19.1 Å². The molecule has 0 unspecified atom stereocenters. The molecule has 2 fully saturated rings. The Morgan fingerprint density at radius 2 is 1.84 bits per heavy atom. The predicted molar refractivity (Wildman–Crippen MR) is 147 cm³/mol. The molecule has 1 aromatic carbocycles. The van der Waals surface area contributed by atoms with E-state index in [-0.39, 0.29) is 24.5 Å². The van der Waals surface area contributed by atoms with Crippen LogP contribution in [0.3, 0.4) is 0 Å². The van der Waals surface area contributed by atoms with E-state index in [4.69, 9.17) is 14.5 Å². The van der Waals surface area contributed by atoms with E-state index in [1.54, 1.807) is 24.7 Å². The molecular weight excluding hydrogens is 486 g/mol. The minimum absolute atomic E-state index is 0.00398. The van der Waals surface area contributed by atoms with Crippen molar-refractivity contribution in [1.29, 1.82) is 0 Å². The van der Waals surface area contributed by atoms with E-state index in [1.165, 1.54) is 36.1 Å². The molecule has 37 heavy (non-hydrogen) atoms. The van der Waals surface area contributed by atoms with E-state index < -0.39 is 0 Å². The number of ether oxygens (including phenoxy) is 2. The zero-order chi connectivity index (χ0) is 25.6. The summed E-state index contributed by atoms with van der Waals surface area (Å²) in [6, 6.07) is 5.84. The van der Waals surface area contributed by atoms with E-state index in [0.717, 1.165) is 74.2 Å². The van der Waals surface area contributed by atoms with Crippen LogP contribution in [0.15, 0.2) is 23.2 Å². The summed E-state index contributed by atoms with van der Waals surface area (Å²) >= 11 is 1.65. The van der Waals surface area contributed by atoms with Crippen LogP contribution in [0.4, 0.5) is 5.00 Å². The van der Waals surface area contributed by atoms with E-state index >= 15 is 0 Å². The number of carbonyl (C=O) groups is 2. The normalized spacial score (nSPS) is 18.1. The molecule has 1 saturated heterocycles. The Kier molecular flexibility index (Phi) is 8.44. The van der Waals surface area contributed by atoms with Crippen LogP contribution in [0.2, 0.25) is 0 Å². The van der Waals surface area contributed by atoms with Gasteiger partial charge in [-0.3, -0.25) is 9.59 Å². The lowest BCUT2D eigenvalue weighted by atomic mass is 9.93. The number of aryl methyl sites for hydroxylation is 1. The number of hydrogen-bond acceptors (Lipinski definition) is 6. The maximum atomic E-state index is 13.4. The molecule has 5 rings (SSSR count). The number of amides is 2. The van der Waals surface area contributed by atoms with Crippen molar-refractivity contribution in [1.82, 2.24) is 10.2 Å². The Labute approximate surface area is 223 Å². The van der Waals surface area contributed by atoms with Crippen LogP contribution in [-0.2, 0) is 17.6 Å². The van der Waals surface area contributed by atoms with Crippen LogP contribution < -0.4 is 14.8 Å². The van der Waals surface area contributed by atoms with Gasteiger partial charge < -0.3 is 19.7 Å². The summed E-state index contributed by atoms with van der Waals surface area (Å²) in [4.78, 5) is 33.7. The second-order valence-electron chi connectivity index (χ2n) is 10.2. The highest BCUT2D eigenvalue weighted by atomic mass is 32.1. The molecule has 8 heteroatoms. The van der Waals surface area contributed by atoms with Crippen molar-refractivity contribution in [2.24, 2.45) is 4.99 Å². The molecule has 198 valence electrons. The third-order valence-electron chi connectivity index (χ3n) is 7.65. The third kappa shape index (κ3) is 6.17. The zero-order valence-electron chi connectivity index (χ0n) is 21.7. The lowest BCUT2D eigenvalue weighted by Crippen LogP contribution is -2.36. The van der Waals surface area contributed by atoms with Crippen LogP contribution in [0, 0.1) is 0 Å². The molecule has 7 nitrogen and oxygen atoms in total. The summed E-state index contributed by atoms with van der Waals surface area (Å²) in [6.45, 7) is 1.62. The minimum Gasteiger partial charge on any atom is -0.493 e. The van der Waals surface area contributed by atoms with Crippen LogP contribution in [0.25, 0.3) is 0 Å². The SMILES string of the molecule is COc1cc(C=Nc2sc3c(c2C(=O)NC2CCCCC2)CCCC3)ccc1OCC(=O)N1CCCC1. The summed E-state index contributed by atoms with van der Waals surface area (Å²) in [7, 11) is 1.59. The Bertz CT molecular complexity index is 1150. The summed E-state index contributed by atoms with van der Waals surface area (Å²) < 4.78 is 11.3. The molecule has 0 bridgehead atoms. The van der Waals surface area contributed by atoms with E-state index in [1.807, 2.05) is 23.1 Å². The Hall–Kier alpha value is -2.87. The van der Waals surface area contributed by atoms with Gasteiger partial charge in [-0.15, -0.1) is 11.3 Å². The van der Waals surface area contributed by atoms with Gasteiger partial charge in [0.25, 0.3) is 11.8 Å². The van der Waals surface area contributed by atoms with Crippen molar-refractivity contribution >= 4 is 34.4 Å². The molecule has 1 aromatic heterocycles. The predicted octanol–water partition coefficient (Wildman–Crippen LogP) is 5.45. The molecule has 0 atom stereocenters. The van der Waals surface area contributed by atoms with Crippen molar-refractivity contribution in [2.45, 2.75) is 76.7 Å². The zero-order valence-corrected chi connectivity index (χ0v) is 22.5. The Morgan fingerprint density at radius 3 is 2.62 bits per heavy atom. The van der Waals surface area contributed by atoms with Gasteiger partial charge in [0.15, 0.2) is 18.1 Å². The fraction of sp³-hybridized carbons (Fsp3) is 0.552. The number of hydrogen-bond donors (Lipinski definition) is 1. The van der Waals surface area contributed by atoms with Gasteiger partial charge in [0.1, 0.15) is 5.00 Å². The highest BCUT2D eigenvalue weighted by Crippen LogP contribution is 2.40. The highest BCUT2D eigenvalue weighted by molar-refractivity contribution is 7.16. The standard InChI is InChI=1S/C29H37N3O4S/c1-35-24-17-20(13-14-23(24)36-19-26(33)32-15-7-8-16-32)18-30-29-27(22-11-5-6-12-25(22)37-29)28(34)31-21-9-3-2-4-10-21/h13-14,17-18,21H,2-12,15-16,19H2,1H3,(H,31,34). The number of rotatable bonds is 8. The van der Waals surface area contributed by atoms with Gasteiger partial charge in [-0.1, -0.05) is 19.3 Å². The van der Waals surface area contributed by atoms with E-state index in [2.05, 4.69) is 5.32 Å². The van der Waals surface area contributed by atoms with Gasteiger partial charge in [0, 0.05) is 30.2 Å². The van der Waals surface area contributed by atoms with Gasteiger partial charge in [-0.05, 0) is 80.7 Å². The molecular formula is C29H37N3O4S. The largest absolute Gasteiger partial charge is 0.493 e. The molecule has 3 aliphatic rings. The second-order valence-corrected chi connectivity index (χ2v) is 11.3. The molecule has 1 saturated carbocycles. The van der Waals surface area contributed by atoms with E-state index in [9.17, 15) is 9.59 Å². The second kappa shape index (κ2) is 12.1. The van der Waals surface area contributed by atoms with Crippen molar-refractivity contribution in [2.75, 3.05) is 26.8 Å². The molecule has 0 radical (unpaired) electrons. The van der Waals surface area contributed by atoms with Gasteiger partial charge >= 0.3 is 0 Å². The monoisotopic (exact) mass is 523 g/mol. The van der Waals surface area contributed by atoms with Crippen molar-refractivity contribution in [3.05, 3.63) is 39.8 Å². The van der Waals surface area contributed by atoms with E-state index in [0.29, 0.717) is 11.5 Å². The minimum atomic E-state index is 0.00398. The topological polar surface area (TPSA) is 80.2 Å².